The molecule has 1 amide bonds. The summed E-state index contributed by atoms with van der Waals surface area (Å²) >= 11 is 0. The third kappa shape index (κ3) is 8.00. The summed E-state index contributed by atoms with van der Waals surface area (Å²) < 4.78 is 5.15. The number of ether oxygens (including phenoxy) is 1. The highest BCUT2D eigenvalue weighted by atomic mass is 16.5. The molecule has 0 saturated heterocycles. The van der Waals surface area contributed by atoms with Crippen LogP contribution in [0, 0.1) is 0 Å². The molecule has 3 heteroatoms. The van der Waals surface area contributed by atoms with Crippen molar-refractivity contribution in [3.05, 3.63) is 36.0 Å². The smallest absolute Gasteiger partial charge is 0.243 e. The molecule has 0 unspecified atom stereocenters. The highest BCUT2D eigenvalue weighted by molar-refractivity contribution is 5.75. The first-order valence-corrected chi connectivity index (χ1v) is 5.44. The van der Waals surface area contributed by atoms with Crippen LogP contribution in [0.5, 0.6) is 0 Å². The minimum atomic E-state index is -0.446. The average molecular weight is 223 g/mol. The van der Waals surface area contributed by atoms with E-state index in [1.165, 1.54) is 5.57 Å². The van der Waals surface area contributed by atoms with Gasteiger partial charge in [0.1, 0.15) is 6.61 Å². The maximum absolute atomic E-state index is 10.5. The Bertz CT molecular complexity index is 290. The highest BCUT2D eigenvalue weighted by Gasteiger charge is 1.97. The summed E-state index contributed by atoms with van der Waals surface area (Å²) in [5.74, 6) is -0.446. The van der Waals surface area contributed by atoms with E-state index in [0.29, 0.717) is 6.61 Å². The molecule has 0 rings (SSSR count). The monoisotopic (exact) mass is 223 g/mol. The standard InChI is InChI=1S/C13H21NO2/c1-4-6-12(8-7-11(3)5-2)9-16-10-13(14)15/h4,6,8H,3,5,7,9-10H2,1-2H3,(H2,14,15)/b6-4-,12-8+. The van der Waals surface area contributed by atoms with Crippen LogP contribution in [0.1, 0.15) is 26.7 Å². The molecule has 0 radical (unpaired) electrons. The number of amides is 1. The van der Waals surface area contributed by atoms with Gasteiger partial charge in [0.2, 0.25) is 5.91 Å². The molecule has 90 valence electrons. The van der Waals surface area contributed by atoms with Crippen LogP contribution in [0.3, 0.4) is 0 Å². The molecule has 0 spiro atoms. The third-order valence-corrected chi connectivity index (χ3v) is 2.05. The van der Waals surface area contributed by atoms with E-state index in [0.717, 1.165) is 18.4 Å². The molecule has 0 aliphatic heterocycles. The second-order valence-electron chi connectivity index (χ2n) is 3.55. The Morgan fingerprint density at radius 2 is 2.12 bits per heavy atom. The van der Waals surface area contributed by atoms with E-state index in [-0.39, 0.29) is 6.61 Å². The van der Waals surface area contributed by atoms with E-state index in [1.54, 1.807) is 0 Å². The zero-order valence-electron chi connectivity index (χ0n) is 10.2. The lowest BCUT2D eigenvalue weighted by Gasteiger charge is -2.04. The molecule has 2 N–H and O–H groups in total. The lowest BCUT2D eigenvalue weighted by molar-refractivity contribution is -0.122. The third-order valence-electron chi connectivity index (χ3n) is 2.05. The zero-order chi connectivity index (χ0) is 12.4. The van der Waals surface area contributed by atoms with E-state index in [2.05, 4.69) is 19.6 Å². The fourth-order valence-electron chi connectivity index (χ4n) is 1.08. The largest absolute Gasteiger partial charge is 0.368 e. The summed E-state index contributed by atoms with van der Waals surface area (Å²) in [6, 6.07) is 0. The van der Waals surface area contributed by atoms with Gasteiger partial charge in [0.05, 0.1) is 6.61 Å². The van der Waals surface area contributed by atoms with Gasteiger partial charge in [0.25, 0.3) is 0 Å². The Labute approximate surface area is 97.7 Å². The van der Waals surface area contributed by atoms with Gasteiger partial charge < -0.3 is 10.5 Å². The molecule has 0 aliphatic carbocycles. The predicted molar refractivity (Wildman–Crippen MR) is 67.0 cm³/mol. The van der Waals surface area contributed by atoms with Crippen molar-refractivity contribution in [3.63, 3.8) is 0 Å². The highest BCUT2D eigenvalue weighted by Crippen LogP contribution is 2.08. The number of nitrogens with two attached hydrogens (primary N) is 1. The molecule has 0 aromatic rings. The van der Waals surface area contributed by atoms with Crippen molar-refractivity contribution in [2.75, 3.05) is 13.2 Å². The molecule has 0 fully saturated rings. The second-order valence-corrected chi connectivity index (χ2v) is 3.55. The number of allylic oxidation sites excluding steroid dienone is 3. The number of hydrogen-bond acceptors (Lipinski definition) is 2. The van der Waals surface area contributed by atoms with Gasteiger partial charge >= 0.3 is 0 Å². The van der Waals surface area contributed by atoms with Crippen LogP contribution < -0.4 is 5.73 Å². The number of carbonyl (C=O) groups excluding carboxylic acids is 1. The Hall–Kier alpha value is -1.35. The van der Waals surface area contributed by atoms with Gasteiger partial charge in [-0.25, -0.2) is 0 Å². The molecule has 0 heterocycles. The average Bonchev–Trinajstić information content (AvgIpc) is 2.24. The number of rotatable bonds is 8. The SMILES string of the molecule is C=C(CC)C/C=C(\C=C/C)COCC(N)=O. The fraction of sp³-hybridized carbons (Fsp3) is 0.462. The summed E-state index contributed by atoms with van der Waals surface area (Å²) in [4.78, 5) is 10.5. The lowest BCUT2D eigenvalue weighted by Crippen LogP contribution is -2.18. The summed E-state index contributed by atoms with van der Waals surface area (Å²) in [5.41, 5.74) is 7.20. The molecule has 0 aromatic heterocycles. The second kappa shape index (κ2) is 8.92. The van der Waals surface area contributed by atoms with Crippen molar-refractivity contribution in [3.8, 4) is 0 Å². The molecule has 0 bridgehead atoms. The molecule has 3 nitrogen and oxygen atoms in total. The van der Waals surface area contributed by atoms with Crippen molar-refractivity contribution < 1.29 is 9.53 Å². The molecular formula is C13H21NO2. The van der Waals surface area contributed by atoms with Crippen LogP contribution in [0.15, 0.2) is 36.0 Å². The fourth-order valence-corrected chi connectivity index (χ4v) is 1.08. The van der Waals surface area contributed by atoms with Gasteiger partial charge in [-0.1, -0.05) is 37.3 Å². The first-order chi connectivity index (χ1) is 7.60. The van der Waals surface area contributed by atoms with Crippen molar-refractivity contribution in [2.24, 2.45) is 5.73 Å². The van der Waals surface area contributed by atoms with Gasteiger partial charge in [0.15, 0.2) is 0 Å². The van der Waals surface area contributed by atoms with Crippen molar-refractivity contribution >= 4 is 5.91 Å². The molecular weight excluding hydrogens is 202 g/mol. The van der Waals surface area contributed by atoms with Crippen molar-refractivity contribution in [1.29, 1.82) is 0 Å². The lowest BCUT2D eigenvalue weighted by atomic mass is 10.1. The van der Waals surface area contributed by atoms with Gasteiger partial charge in [-0.15, -0.1) is 0 Å². The van der Waals surface area contributed by atoms with Gasteiger partial charge in [-0.3, -0.25) is 4.79 Å². The van der Waals surface area contributed by atoms with E-state index >= 15 is 0 Å². The molecule has 0 saturated carbocycles. The Balaban J connectivity index is 4.15. The van der Waals surface area contributed by atoms with Crippen LogP contribution in [0.2, 0.25) is 0 Å². The van der Waals surface area contributed by atoms with Gasteiger partial charge in [-0.05, 0) is 25.3 Å². The quantitative estimate of drug-likeness (QED) is 0.507. The van der Waals surface area contributed by atoms with Gasteiger partial charge in [-0.2, -0.15) is 0 Å². The Kier molecular flexibility index (Phi) is 8.17. The zero-order valence-corrected chi connectivity index (χ0v) is 10.2. The van der Waals surface area contributed by atoms with Crippen LogP contribution in [-0.2, 0) is 9.53 Å². The van der Waals surface area contributed by atoms with E-state index in [4.69, 9.17) is 10.5 Å². The minimum absolute atomic E-state index is 0.0381. The molecule has 16 heavy (non-hydrogen) atoms. The maximum Gasteiger partial charge on any atom is 0.243 e. The first kappa shape index (κ1) is 14.6. The van der Waals surface area contributed by atoms with E-state index < -0.39 is 5.91 Å². The number of carbonyl (C=O) groups is 1. The number of hydrogen-bond donors (Lipinski definition) is 1. The molecule has 0 aromatic carbocycles. The normalized spacial score (nSPS) is 12.0. The van der Waals surface area contributed by atoms with Crippen LogP contribution in [0.25, 0.3) is 0 Å². The number of primary amides is 1. The molecule has 0 aliphatic rings. The predicted octanol–water partition coefficient (Wildman–Crippen LogP) is 2.35. The summed E-state index contributed by atoms with van der Waals surface area (Å²) in [7, 11) is 0. The summed E-state index contributed by atoms with van der Waals surface area (Å²) in [5, 5.41) is 0. The summed E-state index contributed by atoms with van der Waals surface area (Å²) in [6.07, 6.45) is 7.78. The maximum atomic E-state index is 10.5. The Morgan fingerprint density at radius 1 is 1.44 bits per heavy atom. The van der Waals surface area contributed by atoms with Crippen LogP contribution >= 0.6 is 0 Å². The summed E-state index contributed by atoms with van der Waals surface area (Å²) in [6.45, 7) is 8.32. The van der Waals surface area contributed by atoms with E-state index in [1.807, 2.05) is 19.1 Å². The first-order valence-electron chi connectivity index (χ1n) is 5.44. The van der Waals surface area contributed by atoms with Crippen LogP contribution in [0.4, 0.5) is 0 Å². The topological polar surface area (TPSA) is 52.3 Å². The van der Waals surface area contributed by atoms with Crippen molar-refractivity contribution in [2.45, 2.75) is 26.7 Å². The van der Waals surface area contributed by atoms with Crippen molar-refractivity contribution in [1.82, 2.24) is 0 Å². The van der Waals surface area contributed by atoms with E-state index in [9.17, 15) is 4.79 Å². The molecule has 0 atom stereocenters. The van der Waals surface area contributed by atoms with Gasteiger partial charge in [0, 0.05) is 0 Å². The Morgan fingerprint density at radius 3 is 2.62 bits per heavy atom. The van der Waals surface area contributed by atoms with Crippen LogP contribution in [-0.4, -0.2) is 19.1 Å². The minimum Gasteiger partial charge on any atom is -0.368 e.